The SMILES string of the molecule is O=C(CCCNC(=O)c1ccsc1)Nc1ccc(Cl)c(Cl)c1. The zero-order valence-corrected chi connectivity index (χ0v) is 13.9. The molecular weight excluding hydrogens is 343 g/mol. The van der Waals surface area contributed by atoms with Gasteiger partial charge in [-0.05, 0) is 36.1 Å². The highest BCUT2D eigenvalue weighted by Crippen LogP contribution is 2.25. The van der Waals surface area contributed by atoms with Crippen LogP contribution in [0.1, 0.15) is 23.2 Å². The smallest absolute Gasteiger partial charge is 0.252 e. The fraction of sp³-hybridized carbons (Fsp3) is 0.200. The minimum absolute atomic E-state index is 0.119. The number of carbonyl (C=O) groups excluding carboxylic acids is 2. The minimum atomic E-state index is -0.136. The third-order valence-electron chi connectivity index (χ3n) is 2.85. The van der Waals surface area contributed by atoms with Gasteiger partial charge in [-0.15, -0.1) is 0 Å². The Morgan fingerprint density at radius 1 is 1.14 bits per heavy atom. The highest BCUT2D eigenvalue weighted by atomic mass is 35.5. The van der Waals surface area contributed by atoms with Crippen LogP contribution < -0.4 is 10.6 Å². The van der Waals surface area contributed by atoms with E-state index in [0.29, 0.717) is 40.7 Å². The molecule has 1 heterocycles. The van der Waals surface area contributed by atoms with E-state index in [-0.39, 0.29) is 11.8 Å². The van der Waals surface area contributed by atoms with Crippen LogP contribution in [0.3, 0.4) is 0 Å². The van der Waals surface area contributed by atoms with Gasteiger partial charge >= 0.3 is 0 Å². The maximum atomic E-state index is 11.8. The molecule has 0 saturated carbocycles. The summed E-state index contributed by atoms with van der Waals surface area (Å²) in [6, 6.07) is 6.67. The van der Waals surface area contributed by atoms with Crippen molar-refractivity contribution < 1.29 is 9.59 Å². The lowest BCUT2D eigenvalue weighted by molar-refractivity contribution is -0.116. The quantitative estimate of drug-likeness (QED) is 0.761. The Balaban J connectivity index is 1.69. The first kappa shape index (κ1) is 16.8. The number of rotatable bonds is 6. The molecular formula is C15H14Cl2N2O2S. The molecule has 22 heavy (non-hydrogen) atoms. The predicted octanol–water partition coefficient (Wildman–Crippen LogP) is 4.20. The molecule has 0 aliphatic rings. The van der Waals surface area contributed by atoms with E-state index in [2.05, 4.69) is 10.6 Å². The second-order valence-electron chi connectivity index (χ2n) is 4.55. The largest absolute Gasteiger partial charge is 0.352 e. The van der Waals surface area contributed by atoms with Crippen LogP contribution in [-0.4, -0.2) is 18.4 Å². The summed E-state index contributed by atoms with van der Waals surface area (Å²) in [6.07, 6.45) is 0.868. The standard InChI is InChI=1S/C15H14Cl2N2O2S/c16-12-4-3-11(8-13(12)17)19-14(20)2-1-6-18-15(21)10-5-7-22-9-10/h3-5,7-9H,1-2,6H2,(H,18,21)(H,19,20). The molecule has 0 spiro atoms. The normalized spacial score (nSPS) is 10.3. The van der Waals surface area contributed by atoms with Crippen molar-refractivity contribution in [2.45, 2.75) is 12.8 Å². The Kier molecular flexibility index (Phi) is 6.24. The van der Waals surface area contributed by atoms with E-state index in [1.54, 1.807) is 29.6 Å². The van der Waals surface area contributed by atoms with Gasteiger partial charge in [0.15, 0.2) is 0 Å². The van der Waals surface area contributed by atoms with Crippen LogP contribution in [0.2, 0.25) is 10.0 Å². The fourth-order valence-corrected chi connectivity index (χ4v) is 2.68. The van der Waals surface area contributed by atoms with Gasteiger partial charge in [0, 0.05) is 29.6 Å². The molecule has 0 aliphatic carbocycles. The maximum Gasteiger partial charge on any atom is 0.252 e. The van der Waals surface area contributed by atoms with Crippen molar-refractivity contribution in [2.75, 3.05) is 11.9 Å². The molecule has 0 unspecified atom stereocenters. The summed E-state index contributed by atoms with van der Waals surface area (Å²) >= 11 is 13.2. The highest BCUT2D eigenvalue weighted by Gasteiger charge is 2.07. The number of halogens is 2. The Morgan fingerprint density at radius 2 is 1.95 bits per heavy atom. The number of benzene rings is 1. The second-order valence-corrected chi connectivity index (χ2v) is 6.14. The average Bonchev–Trinajstić information content (AvgIpc) is 3.01. The average molecular weight is 357 g/mol. The summed E-state index contributed by atoms with van der Waals surface area (Å²) in [5.41, 5.74) is 1.24. The van der Waals surface area contributed by atoms with Gasteiger partial charge in [-0.2, -0.15) is 11.3 Å². The van der Waals surface area contributed by atoms with Crippen LogP contribution in [0.4, 0.5) is 5.69 Å². The van der Waals surface area contributed by atoms with Crippen molar-refractivity contribution in [3.8, 4) is 0 Å². The topological polar surface area (TPSA) is 58.2 Å². The first-order valence-corrected chi connectivity index (χ1v) is 8.31. The van der Waals surface area contributed by atoms with Crippen LogP contribution in [0.5, 0.6) is 0 Å². The van der Waals surface area contributed by atoms with Crippen LogP contribution >= 0.6 is 34.5 Å². The molecule has 0 radical (unpaired) electrons. The van der Waals surface area contributed by atoms with E-state index >= 15 is 0 Å². The van der Waals surface area contributed by atoms with Crippen LogP contribution in [0.25, 0.3) is 0 Å². The molecule has 2 rings (SSSR count). The Labute approximate surface area is 142 Å². The van der Waals surface area contributed by atoms with Crippen molar-refractivity contribution in [1.29, 1.82) is 0 Å². The Hall–Kier alpha value is -1.56. The number of amides is 2. The number of anilines is 1. The third-order valence-corrected chi connectivity index (χ3v) is 4.28. The van der Waals surface area contributed by atoms with E-state index in [1.807, 2.05) is 5.38 Å². The first-order valence-electron chi connectivity index (χ1n) is 6.61. The van der Waals surface area contributed by atoms with Crippen molar-refractivity contribution in [2.24, 2.45) is 0 Å². The summed E-state index contributed by atoms with van der Waals surface area (Å²) < 4.78 is 0. The molecule has 1 aromatic heterocycles. The number of carbonyl (C=O) groups is 2. The summed E-state index contributed by atoms with van der Waals surface area (Å²) in [6.45, 7) is 0.448. The van der Waals surface area contributed by atoms with Crippen molar-refractivity contribution in [1.82, 2.24) is 5.32 Å². The molecule has 116 valence electrons. The van der Waals surface area contributed by atoms with E-state index < -0.39 is 0 Å². The van der Waals surface area contributed by atoms with E-state index in [9.17, 15) is 9.59 Å². The second kappa shape index (κ2) is 8.17. The van der Waals surface area contributed by atoms with Gasteiger partial charge in [-0.25, -0.2) is 0 Å². The van der Waals surface area contributed by atoms with Crippen LogP contribution in [-0.2, 0) is 4.79 Å². The van der Waals surface area contributed by atoms with Gasteiger partial charge < -0.3 is 10.6 Å². The number of hydrogen-bond donors (Lipinski definition) is 2. The number of hydrogen-bond acceptors (Lipinski definition) is 3. The summed E-state index contributed by atoms with van der Waals surface area (Å²) in [4.78, 5) is 23.5. The lowest BCUT2D eigenvalue weighted by atomic mass is 10.2. The van der Waals surface area contributed by atoms with Gasteiger partial charge in [0.1, 0.15) is 0 Å². The van der Waals surface area contributed by atoms with Gasteiger partial charge in [-0.1, -0.05) is 23.2 Å². The molecule has 4 nitrogen and oxygen atoms in total. The van der Waals surface area contributed by atoms with Crippen molar-refractivity contribution in [3.05, 3.63) is 50.6 Å². The summed E-state index contributed by atoms with van der Waals surface area (Å²) in [5, 5.41) is 9.97. The Bertz CT molecular complexity index is 660. The monoisotopic (exact) mass is 356 g/mol. The van der Waals surface area contributed by atoms with Gasteiger partial charge in [-0.3, -0.25) is 9.59 Å². The predicted molar refractivity (Wildman–Crippen MR) is 91.0 cm³/mol. The molecule has 2 N–H and O–H groups in total. The van der Waals surface area contributed by atoms with E-state index in [0.717, 1.165) is 0 Å². The molecule has 1 aromatic carbocycles. The van der Waals surface area contributed by atoms with Gasteiger partial charge in [0.25, 0.3) is 5.91 Å². The van der Waals surface area contributed by atoms with Crippen molar-refractivity contribution in [3.63, 3.8) is 0 Å². The molecule has 0 fully saturated rings. The fourth-order valence-electron chi connectivity index (χ4n) is 1.74. The Morgan fingerprint density at radius 3 is 2.64 bits per heavy atom. The zero-order chi connectivity index (χ0) is 15.9. The highest BCUT2D eigenvalue weighted by molar-refractivity contribution is 7.08. The molecule has 0 aliphatic heterocycles. The number of nitrogens with one attached hydrogen (secondary N) is 2. The van der Waals surface area contributed by atoms with Crippen LogP contribution in [0, 0.1) is 0 Å². The van der Waals surface area contributed by atoms with Gasteiger partial charge in [0.05, 0.1) is 10.0 Å². The lowest BCUT2D eigenvalue weighted by Crippen LogP contribution is -2.25. The van der Waals surface area contributed by atoms with Crippen LogP contribution in [0.15, 0.2) is 35.0 Å². The molecule has 0 saturated heterocycles. The lowest BCUT2D eigenvalue weighted by Gasteiger charge is -2.07. The van der Waals surface area contributed by atoms with Gasteiger partial charge in [0.2, 0.25) is 5.91 Å². The molecule has 0 atom stereocenters. The van der Waals surface area contributed by atoms with E-state index in [4.69, 9.17) is 23.2 Å². The van der Waals surface area contributed by atoms with E-state index in [1.165, 1.54) is 11.3 Å². The third kappa shape index (κ3) is 5.02. The van der Waals surface area contributed by atoms with Crippen molar-refractivity contribution >= 4 is 52.0 Å². The zero-order valence-electron chi connectivity index (χ0n) is 11.6. The molecule has 2 amide bonds. The molecule has 7 heteroatoms. The maximum absolute atomic E-state index is 11.8. The summed E-state index contributed by atoms with van der Waals surface area (Å²) in [5.74, 6) is -0.255. The number of thiophene rings is 1. The molecule has 0 bridgehead atoms. The summed E-state index contributed by atoms with van der Waals surface area (Å²) in [7, 11) is 0. The minimum Gasteiger partial charge on any atom is -0.352 e. The molecule has 2 aromatic rings. The first-order chi connectivity index (χ1) is 10.6.